The highest BCUT2D eigenvalue weighted by molar-refractivity contribution is 9.09. The Labute approximate surface area is 110 Å². The first-order valence-electron chi connectivity index (χ1n) is 5.63. The Morgan fingerprint density at radius 3 is 2.56 bits per heavy atom. The molecule has 0 amide bonds. The van der Waals surface area contributed by atoms with Crippen LogP contribution in [0.1, 0.15) is 18.4 Å². The van der Waals surface area contributed by atoms with E-state index in [2.05, 4.69) is 28.1 Å². The molecule has 1 aliphatic heterocycles. The minimum Gasteiger partial charge on any atom is -0.381 e. The van der Waals surface area contributed by atoms with E-state index in [1.165, 1.54) is 5.56 Å². The van der Waals surface area contributed by atoms with Gasteiger partial charge in [-0.2, -0.15) is 0 Å². The van der Waals surface area contributed by atoms with Crippen LogP contribution in [0.2, 0.25) is 5.02 Å². The molecule has 0 N–H and O–H groups in total. The van der Waals surface area contributed by atoms with Gasteiger partial charge in [-0.25, -0.2) is 0 Å². The van der Waals surface area contributed by atoms with E-state index in [1.54, 1.807) is 0 Å². The van der Waals surface area contributed by atoms with Crippen molar-refractivity contribution in [2.75, 3.05) is 18.5 Å². The van der Waals surface area contributed by atoms with Gasteiger partial charge in [0.05, 0.1) is 0 Å². The number of halogens is 2. The molecule has 0 saturated carbocycles. The summed E-state index contributed by atoms with van der Waals surface area (Å²) in [5.41, 5.74) is 1.58. The van der Waals surface area contributed by atoms with Gasteiger partial charge in [-0.15, -0.1) is 0 Å². The highest BCUT2D eigenvalue weighted by atomic mass is 79.9. The third-order valence-corrected chi connectivity index (χ3v) is 4.92. The average Bonchev–Trinajstić information content (AvgIpc) is 2.33. The van der Waals surface area contributed by atoms with Crippen LogP contribution in [0.15, 0.2) is 24.3 Å². The molecule has 1 aromatic rings. The molecule has 0 unspecified atom stereocenters. The summed E-state index contributed by atoms with van der Waals surface area (Å²) in [6.45, 7) is 1.74. The zero-order chi connectivity index (χ0) is 11.4. The quantitative estimate of drug-likeness (QED) is 0.765. The van der Waals surface area contributed by atoms with Gasteiger partial charge in [0.15, 0.2) is 0 Å². The molecule has 1 heterocycles. The molecule has 2 rings (SSSR count). The fourth-order valence-electron chi connectivity index (χ4n) is 2.21. The lowest BCUT2D eigenvalue weighted by Gasteiger charge is -2.36. The van der Waals surface area contributed by atoms with Crippen molar-refractivity contribution in [3.05, 3.63) is 34.9 Å². The Kier molecular flexibility index (Phi) is 4.28. The molecule has 1 fully saturated rings. The maximum Gasteiger partial charge on any atom is 0.0471 e. The third kappa shape index (κ3) is 2.79. The van der Waals surface area contributed by atoms with Crippen molar-refractivity contribution in [3.8, 4) is 0 Å². The Morgan fingerprint density at radius 2 is 1.94 bits per heavy atom. The summed E-state index contributed by atoms with van der Waals surface area (Å²) in [6.07, 6.45) is 3.27. The predicted octanol–water partition coefficient (Wildman–Crippen LogP) is 4.07. The first-order chi connectivity index (χ1) is 7.76. The van der Waals surface area contributed by atoms with Crippen molar-refractivity contribution in [1.82, 2.24) is 0 Å². The van der Waals surface area contributed by atoms with Gasteiger partial charge in [-0.3, -0.25) is 0 Å². The number of benzene rings is 1. The van der Waals surface area contributed by atoms with Crippen LogP contribution in [0, 0.1) is 5.41 Å². The molecule has 1 aromatic carbocycles. The number of ether oxygens (including phenoxy) is 1. The zero-order valence-electron chi connectivity index (χ0n) is 9.22. The normalized spacial score (nSPS) is 19.6. The summed E-state index contributed by atoms with van der Waals surface area (Å²) >= 11 is 9.87. The van der Waals surface area contributed by atoms with E-state index in [-0.39, 0.29) is 0 Å². The maximum absolute atomic E-state index is 6.22. The van der Waals surface area contributed by atoms with Crippen molar-refractivity contribution in [2.45, 2.75) is 19.3 Å². The predicted molar refractivity (Wildman–Crippen MR) is 71.4 cm³/mol. The SMILES string of the molecule is Clc1ccccc1CC1(CBr)CCOCC1. The lowest BCUT2D eigenvalue weighted by atomic mass is 9.77. The monoisotopic (exact) mass is 302 g/mol. The fourth-order valence-corrected chi connectivity index (χ4v) is 3.17. The third-order valence-electron chi connectivity index (χ3n) is 3.36. The second-order valence-electron chi connectivity index (χ2n) is 4.51. The van der Waals surface area contributed by atoms with Crippen LogP contribution in [-0.2, 0) is 11.2 Å². The summed E-state index contributed by atoms with van der Waals surface area (Å²) < 4.78 is 5.44. The summed E-state index contributed by atoms with van der Waals surface area (Å²) in [7, 11) is 0. The lowest BCUT2D eigenvalue weighted by Crippen LogP contribution is -2.33. The first-order valence-corrected chi connectivity index (χ1v) is 7.13. The van der Waals surface area contributed by atoms with Crippen LogP contribution in [0.5, 0.6) is 0 Å². The van der Waals surface area contributed by atoms with E-state index in [0.717, 1.165) is 42.8 Å². The van der Waals surface area contributed by atoms with E-state index in [9.17, 15) is 0 Å². The molecule has 0 spiro atoms. The molecule has 3 heteroatoms. The number of hydrogen-bond acceptors (Lipinski definition) is 1. The molecule has 0 bridgehead atoms. The van der Waals surface area contributed by atoms with Crippen LogP contribution >= 0.6 is 27.5 Å². The molecular formula is C13H16BrClO. The highest BCUT2D eigenvalue weighted by Crippen LogP contribution is 2.37. The van der Waals surface area contributed by atoms with Crippen molar-refractivity contribution in [3.63, 3.8) is 0 Å². The smallest absolute Gasteiger partial charge is 0.0471 e. The van der Waals surface area contributed by atoms with Gasteiger partial charge in [-0.1, -0.05) is 45.7 Å². The summed E-state index contributed by atoms with van der Waals surface area (Å²) in [6, 6.07) is 8.14. The molecular weight excluding hydrogens is 287 g/mol. The van der Waals surface area contributed by atoms with E-state index >= 15 is 0 Å². The molecule has 0 aliphatic carbocycles. The van der Waals surface area contributed by atoms with Crippen molar-refractivity contribution < 1.29 is 4.74 Å². The van der Waals surface area contributed by atoms with Crippen LogP contribution in [0.3, 0.4) is 0 Å². The Morgan fingerprint density at radius 1 is 1.25 bits per heavy atom. The van der Waals surface area contributed by atoms with Crippen LogP contribution in [-0.4, -0.2) is 18.5 Å². The van der Waals surface area contributed by atoms with Gasteiger partial charge in [0, 0.05) is 23.6 Å². The molecule has 0 radical (unpaired) electrons. The largest absolute Gasteiger partial charge is 0.381 e. The van der Waals surface area contributed by atoms with E-state index < -0.39 is 0 Å². The minimum absolute atomic E-state index is 0.323. The Bertz CT molecular complexity index is 348. The van der Waals surface area contributed by atoms with E-state index in [0.29, 0.717) is 5.41 Å². The second kappa shape index (κ2) is 5.52. The Balaban J connectivity index is 2.15. The minimum atomic E-state index is 0.323. The van der Waals surface area contributed by atoms with Gasteiger partial charge in [0.1, 0.15) is 0 Å². The summed E-state index contributed by atoms with van der Waals surface area (Å²) in [5, 5.41) is 1.91. The summed E-state index contributed by atoms with van der Waals surface area (Å²) in [4.78, 5) is 0. The average molecular weight is 304 g/mol. The lowest BCUT2D eigenvalue weighted by molar-refractivity contribution is 0.0270. The van der Waals surface area contributed by atoms with Gasteiger partial charge in [-0.05, 0) is 36.3 Å². The van der Waals surface area contributed by atoms with Gasteiger partial charge in [0.25, 0.3) is 0 Å². The zero-order valence-corrected chi connectivity index (χ0v) is 11.6. The maximum atomic E-state index is 6.22. The van der Waals surface area contributed by atoms with Crippen molar-refractivity contribution >= 4 is 27.5 Å². The molecule has 1 nitrogen and oxygen atoms in total. The Hall–Kier alpha value is -0.0500. The van der Waals surface area contributed by atoms with Crippen LogP contribution in [0.25, 0.3) is 0 Å². The van der Waals surface area contributed by atoms with E-state index in [1.807, 2.05) is 12.1 Å². The number of hydrogen-bond donors (Lipinski definition) is 0. The van der Waals surface area contributed by atoms with Crippen molar-refractivity contribution in [2.24, 2.45) is 5.41 Å². The fraction of sp³-hybridized carbons (Fsp3) is 0.538. The highest BCUT2D eigenvalue weighted by Gasteiger charge is 2.32. The number of rotatable bonds is 3. The van der Waals surface area contributed by atoms with Gasteiger partial charge in [0.2, 0.25) is 0 Å². The van der Waals surface area contributed by atoms with Crippen LogP contribution < -0.4 is 0 Å². The molecule has 0 atom stereocenters. The topological polar surface area (TPSA) is 9.23 Å². The van der Waals surface area contributed by atoms with E-state index in [4.69, 9.17) is 16.3 Å². The van der Waals surface area contributed by atoms with Gasteiger partial charge >= 0.3 is 0 Å². The molecule has 1 saturated heterocycles. The molecule has 0 aromatic heterocycles. The van der Waals surface area contributed by atoms with Crippen LogP contribution in [0.4, 0.5) is 0 Å². The standard InChI is InChI=1S/C13H16BrClO/c14-10-13(5-7-16-8-6-13)9-11-3-1-2-4-12(11)15/h1-4H,5-10H2. The number of alkyl halides is 1. The molecule has 88 valence electrons. The van der Waals surface area contributed by atoms with Crippen molar-refractivity contribution in [1.29, 1.82) is 0 Å². The van der Waals surface area contributed by atoms with Gasteiger partial charge < -0.3 is 4.74 Å². The summed E-state index contributed by atoms with van der Waals surface area (Å²) in [5.74, 6) is 0. The molecule has 1 aliphatic rings. The first kappa shape index (κ1) is 12.4. The molecule has 16 heavy (non-hydrogen) atoms. The second-order valence-corrected chi connectivity index (χ2v) is 5.48.